The van der Waals surface area contributed by atoms with Gasteiger partial charge in [0.2, 0.25) is 11.6 Å². The quantitative estimate of drug-likeness (QED) is 0.347. The Bertz CT molecular complexity index is 1600. The Morgan fingerprint density at radius 3 is 2.42 bits per heavy atom. The zero-order chi connectivity index (χ0) is 25.2. The van der Waals surface area contributed by atoms with E-state index in [1.165, 1.54) is 15.5 Å². The van der Waals surface area contributed by atoms with Crippen LogP contribution in [0.3, 0.4) is 0 Å². The molecule has 0 aliphatic carbocycles. The largest absolute Gasteiger partial charge is 0.436 e. The Morgan fingerprint density at radius 2 is 1.72 bits per heavy atom. The maximum Gasteiger partial charge on any atom is 0.351 e. The topological polar surface area (TPSA) is 90.5 Å². The molecule has 36 heavy (non-hydrogen) atoms. The van der Waals surface area contributed by atoms with Crippen LogP contribution in [0.5, 0.6) is 11.6 Å². The predicted molar refractivity (Wildman–Crippen MR) is 140 cm³/mol. The first-order chi connectivity index (χ1) is 17.4. The minimum Gasteiger partial charge on any atom is -0.436 e. The van der Waals surface area contributed by atoms with Gasteiger partial charge in [0, 0.05) is 5.69 Å². The van der Waals surface area contributed by atoms with Crippen LogP contribution in [0.1, 0.15) is 37.8 Å². The second-order valence-electron chi connectivity index (χ2n) is 8.93. The molecule has 0 aliphatic heterocycles. The van der Waals surface area contributed by atoms with Crippen molar-refractivity contribution in [3.8, 4) is 11.6 Å². The number of hydrogen-bond acceptors (Lipinski definition) is 5. The monoisotopic (exact) mass is 481 g/mol. The average molecular weight is 482 g/mol. The van der Waals surface area contributed by atoms with Crippen LogP contribution in [0.15, 0.2) is 77.6 Å². The van der Waals surface area contributed by atoms with Crippen molar-refractivity contribution in [1.82, 2.24) is 19.2 Å². The van der Waals surface area contributed by atoms with E-state index in [9.17, 15) is 9.59 Å². The molecular formula is C28H27N5O3. The maximum absolute atomic E-state index is 13.3. The van der Waals surface area contributed by atoms with Gasteiger partial charge in [-0.1, -0.05) is 57.2 Å². The van der Waals surface area contributed by atoms with Gasteiger partial charge < -0.3 is 10.1 Å². The van der Waals surface area contributed by atoms with Crippen molar-refractivity contribution >= 4 is 28.3 Å². The highest BCUT2D eigenvalue weighted by atomic mass is 16.5. The van der Waals surface area contributed by atoms with Crippen LogP contribution in [0.25, 0.3) is 16.7 Å². The first kappa shape index (κ1) is 23.3. The van der Waals surface area contributed by atoms with Gasteiger partial charge >= 0.3 is 5.69 Å². The van der Waals surface area contributed by atoms with Gasteiger partial charge in [0.05, 0.1) is 11.0 Å². The number of ether oxygens (including phenoxy) is 1. The lowest BCUT2D eigenvalue weighted by molar-refractivity contribution is -0.117. The minimum atomic E-state index is -0.444. The number of carbonyl (C=O) groups excluding carboxylic acids is 1. The highest BCUT2D eigenvalue weighted by molar-refractivity contribution is 5.90. The van der Waals surface area contributed by atoms with E-state index in [4.69, 9.17) is 4.74 Å². The van der Waals surface area contributed by atoms with Crippen LogP contribution in [0, 0.1) is 0 Å². The van der Waals surface area contributed by atoms with E-state index < -0.39 is 5.69 Å². The maximum atomic E-state index is 13.3. The van der Waals surface area contributed by atoms with E-state index in [2.05, 4.69) is 36.2 Å². The number of para-hydroxylation sites is 2. The second kappa shape index (κ2) is 9.65. The number of amides is 1. The Kier molecular flexibility index (Phi) is 6.25. The molecule has 0 saturated heterocycles. The molecule has 0 saturated carbocycles. The van der Waals surface area contributed by atoms with E-state index in [1.807, 2.05) is 60.7 Å². The summed E-state index contributed by atoms with van der Waals surface area (Å²) in [4.78, 5) is 30.7. The van der Waals surface area contributed by atoms with Crippen LogP contribution in [-0.2, 0) is 17.8 Å². The number of aryl methyl sites for hydroxylation is 1. The van der Waals surface area contributed by atoms with Crippen LogP contribution < -0.4 is 15.7 Å². The van der Waals surface area contributed by atoms with E-state index in [-0.39, 0.29) is 24.0 Å². The van der Waals surface area contributed by atoms with Gasteiger partial charge in [-0.05, 0) is 59.9 Å². The Hall–Kier alpha value is -4.46. The fourth-order valence-electron chi connectivity index (χ4n) is 4.03. The molecular weight excluding hydrogens is 454 g/mol. The predicted octanol–water partition coefficient (Wildman–Crippen LogP) is 5.16. The summed E-state index contributed by atoms with van der Waals surface area (Å²) in [5.41, 5.74) is 4.00. The lowest BCUT2D eigenvalue weighted by atomic mass is 10.0. The molecule has 0 atom stereocenters. The molecule has 2 aromatic heterocycles. The first-order valence-electron chi connectivity index (χ1n) is 12.0. The van der Waals surface area contributed by atoms with Crippen molar-refractivity contribution in [3.63, 3.8) is 0 Å². The number of rotatable bonds is 7. The van der Waals surface area contributed by atoms with Crippen molar-refractivity contribution < 1.29 is 9.53 Å². The molecule has 1 N–H and O–H groups in total. The Balaban J connectivity index is 1.50. The van der Waals surface area contributed by atoms with Crippen molar-refractivity contribution in [1.29, 1.82) is 0 Å². The third-order valence-electron chi connectivity index (χ3n) is 6.08. The number of fused-ring (bicyclic) bond motifs is 3. The fraction of sp³-hybridized carbons (Fsp3) is 0.214. The summed E-state index contributed by atoms with van der Waals surface area (Å²) in [6.45, 7) is 6.08. The fourth-order valence-corrected chi connectivity index (χ4v) is 4.03. The van der Waals surface area contributed by atoms with E-state index in [0.717, 1.165) is 11.1 Å². The average Bonchev–Trinajstić information content (AvgIpc) is 3.21. The SMILES string of the molecule is CCc1ccc(NC(=O)Cn2nc3c(Oc4ccc(C(C)C)cc4)nc4ccccc4n3c2=O)cc1. The lowest BCUT2D eigenvalue weighted by Crippen LogP contribution is -2.28. The van der Waals surface area contributed by atoms with Crippen molar-refractivity contribution in [2.75, 3.05) is 5.32 Å². The van der Waals surface area contributed by atoms with Gasteiger partial charge in [0.25, 0.3) is 5.88 Å². The number of carbonyl (C=O) groups is 1. The van der Waals surface area contributed by atoms with Crippen LogP contribution >= 0.6 is 0 Å². The molecule has 5 aromatic rings. The highest BCUT2D eigenvalue weighted by Crippen LogP contribution is 2.27. The van der Waals surface area contributed by atoms with Gasteiger partial charge in [-0.3, -0.25) is 4.79 Å². The molecule has 3 aromatic carbocycles. The molecule has 0 spiro atoms. The van der Waals surface area contributed by atoms with Gasteiger partial charge in [-0.2, -0.15) is 0 Å². The third-order valence-corrected chi connectivity index (χ3v) is 6.08. The van der Waals surface area contributed by atoms with Gasteiger partial charge in [-0.25, -0.2) is 18.9 Å². The van der Waals surface area contributed by atoms with Gasteiger partial charge in [-0.15, -0.1) is 5.10 Å². The summed E-state index contributed by atoms with van der Waals surface area (Å²) in [6, 6.07) is 22.6. The summed E-state index contributed by atoms with van der Waals surface area (Å²) in [7, 11) is 0. The number of nitrogens with one attached hydrogen (secondary N) is 1. The standard InChI is InChI=1S/C28H27N5O3/c1-4-19-9-13-21(14-10-19)29-25(34)17-32-28(35)33-24-8-6-5-7-23(24)30-27(26(33)31-32)36-22-15-11-20(12-16-22)18(2)3/h5-16,18H,4,17H2,1-3H3,(H,29,34). The van der Waals surface area contributed by atoms with Gasteiger partial charge in [0.1, 0.15) is 12.3 Å². The smallest absolute Gasteiger partial charge is 0.351 e. The molecule has 8 heteroatoms. The van der Waals surface area contributed by atoms with E-state index >= 15 is 0 Å². The summed E-state index contributed by atoms with van der Waals surface area (Å²) in [5.74, 6) is 0.820. The van der Waals surface area contributed by atoms with Crippen LogP contribution in [0.2, 0.25) is 0 Å². The summed E-state index contributed by atoms with van der Waals surface area (Å²) in [5, 5.41) is 7.26. The summed E-state index contributed by atoms with van der Waals surface area (Å²) in [6.07, 6.45) is 0.916. The highest BCUT2D eigenvalue weighted by Gasteiger charge is 2.19. The molecule has 5 rings (SSSR count). The molecule has 0 fully saturated rings. The third kappa shape index (κ3) is 4.57. The summed E-state index contributed by atoms with van der Waals surface area (Å²) >= 11 is 0. The zero-order valence-electron chi connectivity index (χ0n) is 20.4. The number of anilines is 1. The number of aromatic nitrogens is 4. The van der Waals surface area contributed by atoms with Crippen molar-refractivity contribution in [3.05, 3.63) is 94.4 Å². The van der Waals surface area contributed by atoms with Crippen molar-refractivity contribution in [2.45, 2.75) is 39.7 Å². The van der Waals surface area contributed by atoms with Gasteiger partial charge in [0.15, 0.2) is 0 Å². The summed E-state index contributed by atoms with van der Waals surface area (Å²) < 4.78 is 8.64. The molecule has 0 bridgehead atoms. The number of benzene rings is 3. The minimum absolute atomic E-state index is 0.192. The molecule has 0 unspecified atom stereocenters. The normalized spacial score (nSPS) is 11.3. The number of nitrogens with zero attached hydrogens (tertiary/aromatic N) is 4. The number of hydrogen-bond donors (Lipinski definition) is 1. The molecule has 0 radical (unpaired) electrons. The molecule has 1 amide bonds. The van der Waals surface area contributed by atoms with Crippen LogP contribution in [-0.4, -0.2) is 25.1 Å². The van der Waals surface area contributed by atoms with Crippen LogP contribution in [0.4, 0.5) is 5.69 Å². The zero-order valence-corrected chi connectivity index (χ0v) is 20.4. The Morgan fingerprint density at radius 1 is 1.00 bits per heavy atom. The lowest BCUT2D eigenvalue weighted by Gasteiger charge is -2.09. The van der Waals surface area contributed by atoms with E-state index in [0.29, 0.717) is 28.4 Å². The first-order valence-corrected chi connectivity index (χ1v) is 12.0. The van der Waals surface area contributed by atoms with E-state index in [1.54, 1.807) is 12.1 Å². The molecule has 2 heterocycles. The second-order valence-corrected chi connectivity index (χ2v) is 8.93. The molecule has 0 aliphatic rings. The van der Waals surface area contributed by atoms with Crippen molar-refractivity contribution in [2.24, 2.45) is 0 Å². The molecule has 8 nitrogen and oxygen atoms in total. The Labute approximate surface area is 208 Å². The molecule has 182 valence electrons.